The van der Waals surface area contributed by atoms with Crippen LogP contribution in [-0.2, 0) is 4.79 Å². The third-order valence-corrected chi connectivity index (χ3v) is 4.21. The van der Waals surface area contributed by atoms with E-state index in [1.807, 2.05) is 18.2 Å². The summed E-state index contributed by atoms with van der Waals surface area (Å²) in [6.45, 7) is 2.80. The summed E-state index contributed by atoms with van der Waals surface area (Å²) in [5.41, 5.74) is 1.28. The van der Waals surface area contributed by atoms with Crippen molar-refractivity contribution in [3.8, 4) is 0 Å². The first kappa shape index (κ1) is 16.4. The fourth-order valence-electron chi connectivity index (χ4n) is 2.85. The van der Waals surface area contributed by atoms with Crippen molar-refractivity contribution < 1.29 is 13.6 Å². The van der Waals surface area contributed by atoms with Crippen molar-refractivity contribution in [2.24, 2.45) is 0 Å². The predicted molar refractivity (Wildman–Crippen MR) is 89.6 cm³/mol. The molecule has 3 nitrogen and oxygen atoms in total. The van der Waals surface area contributed by atoms with Crippen molar-refractivity contribution in [2.75, 3.05) is 31.1 Å². The van der Waals surface area contributed by atoms with Crippen molar-refractivity contribution in [3.05, 3.63) is 72.1 Å². The topological polar surface area (TPSA) is 23.6 Å². The van der Waals surface area contributed by atoms with Crippen LogP contribution in [0.3, 0.4) is 0 Å². The van der Waals surface area contributed by atoms with Gasteiger partial charge in [-0.15, -0.1) is 0 Å². The second-order valence-corrected chi connectivity index (χ2v) is 5.78. The molecule has 125 valence electrons. The standard InChI is InChI=1S/C19H19F2N2O/c20-16-7-8-18(21)15(14-16)6-9-19(24)23-12-10-22(11-13-23)17-4-2-1-3-5-17/h1-8,14H,9-13H2. The second kappa shape index (κ2) is 7.43. The van der Waals surface area contributed by atoms with Gasteiger partial charge in [0.1, 0.15) is 11.6 Å². The molecule has 0 bridgehead atoms. The van der Waals surface area contributed by atoms with Crippen LogP contribution in [0.25, 0.3) is 0 Å². The third kappa shape index (κ3) is 3.91. The molecule has 0 N–H and O–H groups in total. The van der Waals surface area contributed by atoms with Crippen molar-refractivity contribution in [1.82, 2.24) is 4.90 Å². The molecule has 2 aromatic rings. The van der Waals surface area contributed by atoms with Gasteiger partial charge in [0.2, 0.25) is 5.91 Å². The molecule has 1 aliphatic rings. The minimum absolute atomic E-state index is 0.0635. The molecule has 2 aromatic carbocycles. The Bertz CT molecular complexity index is 698. The number of carbonyl (C=O) groups is 1. The molecule has 1 heterocycles. The molecule has 3 rings (SSSR count). The van der Waals surface area contributed by atoms with Crippen molar-refractivity contribution >= 4 is 11.6 Å². The number of hydrogen-bond acceptors (Lipinski definition) is 2. The zero-order valence-electron chi connectivity index (χ0n) is 13.3. The normalized spacial score (nSPS) is 14.8. The molecular weight excluding hydrogens is 310 g/mol. The number of amides is 1. The molecule has 0 atom stereocenters. The molecule has 0 unspecified atom stereocenters. The van der Waals surface area contributed by atoms with Crippen LogP contribution in [0.1, 0.15) is 12.0 Å². The van der Waals surface area contributed by atoms with Crippen LogP contribution in [-0.4, -0.2) is 37.0 Å². The molecule has 5 heteroatoms. The molecule has 0 aromatic heterocycles. The highest BCUT2D eigenvalue weighted by Crippen LogP contribution is 2.17. The van der Waals surface area contributed by atoms with Gasteiger partial charge in [-0.05, 0) is 35.9 Å². The maximum Gasteiger partial charge on any atom is 0.223 e. The smallest absolute Gasteiger partial charge is 0.223 e. The van der Waals surface area contributed by atoms with Crippen LogP contribution >= 0.6 is 0 Å². The second-order valence-electron chi connectivity index (χ2n) is 5.78. The maximum absolute atomic E-state index is 13.6. The van der Waals surface area contributed by atoms with Gasteiger partial charge in [-0.25, -0.2) is 8.78 Å². The third-order valence-electron chi connectivity index (χ3n) is 4.21. The fraction of sp³-hybridized carbons (Fsp3) is 0.263. The van der Waals surface area contributed by atoms with Crippen LogP contribution in [0.2, 0.25) is 0 Å². The van der Waals surface area contributed by atoms with Crippen LogP contribution in [0.4, 0.5) is 14.5 Å². The number of rotatable bonds is 4. The number of nitrogens with zero attached hydrogens (tertiary/aromatic N) is 2. The summed E-state index contributed by atoms with van der Waals surface area (Å²) >= 11 is 0. The van der Waals surface area contributed by atoms with E-state index in [1.165, 1.54) is 6.42 Å². The first-order valence-corrected chi connectivity index (χ1v) is 7.99. The van der Waals surface area contributed by atoms with E-state index in [4.69, 9.17) is 0 Å². The van der Waals surface area contributed by atoms with Gasteiger partial charge in [0, 0.05) is 44.7 Å². The lowest BCUT2D eigenvalue weighted by atomic mass is 10.1. The minimum atomic E-state index is -0.516. The first-order valence-electron chi connectivity index (χ1n) is 7.99. The van der Waals surface area contributed by atoms with Gasteiger partial charge in [-0.2, -0.15) is 0 Å². The van der Waals surface area contributed by atoms with E-state index in [1.54, 1.807) is 4.90 Å². The van der Waals surface area contributed by atoms with E-state index >= 15 is 0 Å². The number of para-hydroxylation sites is 1. The Labute approximate surface area is 140 Å². The Kier molecular flexibility index (Phi) is 5.08. The summed E-state index contributed by atoms with van der Waals surface area (Å²) in [5, 5.41) is 0. The highest BCUT2D eigenvalue weighted by molar-refractivity contribution is 5.78. The minimum Gasteiger partial charge on any atom is -0.368 e. The fourth-order valence-corrected chi connectivity index (χ4v) is 2.85. The lowest BCUT2D eigenvalue weighted by molar-refractivity contribution is -0.130. The quantitative estimate of drug-likeness (QED) is 0.860. The zero-order valence-corrected chi connectivity index (χ0v) is 13.3. The Hall–Kier alpha value is -2.43. The molecule has 24 heavy (non-hydrogen) atoms. The Morgan fingerprint density at radius 3 is 2.42 bits per heavy atom. The Morgan fingerprint density at radius 1 is 1.00 bits per heavy atom. The lowest BCUT2D eigenvalue weighted by Crippen LogP contribution is -2.48. The summed E-state index contributed by atoms with van der Waals surface area (Å²) in [5.74, 6) is -1.09. The number of halogens is 2. The molecule has 0 saturated carbocycles. The van der Waals surface area contributed by atoms with Crippen molar-refractivity contribution in [1.29, 1.82) is 0 Å². The molecule has 1 fully saturated rings. The highest BCUT2D eigenvalue weighted by Gasteiger charge is 2.21. The summed E-state index contributed by atoms with van der Waals surface area (Å²) in [4.78, 5) is 16.3. The van der Waals surface area contributed by atoms with Gasteiger partial charge in [0.05, 0.1) is 0 Å². The number of carbonyl (C=O) groups excluding carboxylic acids is 1. The van der Waals surface area contributed by atoms with Gasteiger partial charge >= 0.3 is 0 Å². The number of benzene rings is 2. The molecule has 1 radical (unpaired) electrons. The number of hydrogen-bond donors (Lipinski definition) is 0. The summed E-state index contributed by atoms with van der Waals surface area (Å²) in [7, 11) is 0. The molecule has 1 amide bonds. The van der Waals surface area contributed by atoms with E-state index in [2.05, 4.69) is 17.0 Å². The van der Waals surface area contributed by atoms with Crippen LogP contribution in [0.15, 0.2) is 48.5 Å². The summed E-state index contributed by atoms with van der Waals surface area (Å²) in [6, 6.07) is 13.3. The molecule has 0 spiro atoms. The molecule has 1 saturated heterocycles. The van der Waals surface area contributed by atoms with Crippen LogP contribution in [0, 0.1) is 18.1 Å². The molecule has 1 aliphatic heterocycles. The van der Waals surface area contributed by atoms with E-state index in [0.717, 1.165) is 37.0 Å². The summed E-state index contributed by atoms with van der Waals surface area (Å²) in [6.07, 6.45) is 1.52. The zero-order chi connectivity index (χ0) is 16.9. The number of piperazine rings is 1. The lowest BCUT2D eigenvalue weighted by Gasteiger charge is -2.36. The predicted octanol–water partition coefficient (Wildman–Crippen LogP) is 3.26. The van der Waals surface area contributed by atoms with Gasteiger partial charge in [0.25, 0.3) is 0 Å². The summed E-state index contributed by atoms with van der Waals surface area (Å²) < 4.78 is 26.7. The highest BCUT2D eigenvalue weighted by atomic mass is 19.1. The Morgan fingerprint density at radius 2 is 1.71 bits per heavy atom. The average molecular weight is 329 g/mol. The van der Waals surface area contributed by atoms with Crippen molar-refractivity contribution in [2.45, 2.75) is 6.42 Å². The Balaban J connectivity index is 1.51. The largest absolute Gasteiger partial charge is 0.368 e. The van der Waals surface area contributed by atoms with E-state index < -0.39 is 11.6 Å². The van der Waals surface area contributed by atoms with E-state index in [9.17, 15) is 13.6 Å². The van der Waals surface area contributed by atoms with E-state index in [0.29, 0.717) is 13.1 Å². The van der Waals surface area contributed by atoms with Crippen LogP contribution < -0.4 is 4.90 Å². The average Bonchev–Trinajstić information content (AvgIpc) is 2.63. The molecular formula is C19H19F2N2O. The van der Waals surface area contributed by atoms with Gasteiger partial charge in [-0.1, -0.05) is 18.2 Å². The first-order chi connectivity index (χ1) is 11.6. The van der Waals surface area contributed by atoms with Gasteiger partial charge in [0.15, 0.2) is 0 Å². The van der Waals surface area contributed by atoms with Crippen molar-refractivity contribution in [3.63, 3.8) is 0 Å². The SMILES string of the molecule is O=C(C[CH]c1cc(F)ccc1F)N1CCN(c2ccccc2)CC1. The monoisotopic (exact) mass is 329 g/mol. The van der Waals surface area contributed by atoms with Crippen LogP contribution in [0.5, 0.6) is 0 Å². The van der Waals surface area contributed by atoms with Gasteiger partial charge < -0.3 is 9.80 Å². The molecule has 0 aliphatic carbocycles. The maximum atomic E-state index is 13.6. The van der Waals surface area contributed by atoms with E-state index in [-0.39, 0.29) is 17.9 Å². The number of anilines is 1. The van der Waals surface area contributed by atoms with Gasteiger partial charge in [-0.3, -0.25) is 4.79 Å².